The van der Waals surface area contributed by atoms with Gasteiger partial charge in [0.05, 0.1) is 4.92 Å². The Morgan fingerprint density at radius 3 is 2.44 bits per heavy atom. The van der Waals surface area contributed by atoms with Gasteiger partial charge in [-0.1, -0.05) is 6.58 Å². The zero-order valence-corrected chi connectivity index (χ0v) is 8.38. The van der Waals surface area contributed by atoms with Gasteiger partial charge < -0.3 is 4.74 Å². The molecule has 5 nitrogen and oxygen atoms in total. The SMILES string of the molecule is C=C1CC(c2ccc([N+](=O)[O-])cc2)OC1=O. The summed E-state index contributed by atoms with van der Waals surface area (Å²) in [7, 11) is 0. The van der Waals surface area contributed by atoms with Crippen molar-refractivity contribution in [1.29, 1.82) is 0 Å². The van der Waals surface area contributed by atoms with Crippen molar-refractivity contribution < 1.29 is 14.5 Å². The molecule has 0 aromatic heterocycles. The molecule has 82 valence electrons. The number of esters is 1. The summed E-state index contributed by atoms with van der Waals surface area (Å²) in [5, 5.41) is 10.4. The lowest BCUT2D eigenvalue weighted by atomic mass is 10.0. The number of carbonyl (C=O) groups is 1. The second-order valence-electron chi connectivity index (χ2n) is 3.55. The Bertz CT molecular complexity index is 447. The quantitative estimate of drug-likeness (QED) is 0.330. The molecule has 0 spiro atoms. The number of non-ortho nitro benzene ring substituents is 1. The molecule has 1 aromatic carbocycles. The van der Waals surface area contributed by atoms with Crippen molar-refractivity contribution >= 4 is 11.7 Å². The van der Waals surface area contributed by atoms with Gasteiger partial charge in [0.1, 0.15) is 6.10 Å². The van der Waals surface area contributed by atoms with Gasteiger partial charge in [-0.05, 0) is 17.7 Å². The lowest BCUT2D eigenvalue weighted by Gasteiger charge is -2.07. The molecule has 1 atom stereocenters. The Kier molecular flexibility index (Phi) is 2.44. The van der Waals surface area contributed by atoms with Crippen LogP contribution in [0.4, 0.5) is 5.69 Å². The van der Waals surface area contributed by atoms with E-state index in [1.54, 1.807) is 12.1 Å². The molecule has 16 heavy (non-hydrogen) atoms. The maximum Gasteiger partial charge on any atom is 0.334 e. The molecule has 2 rings (SSSR count). The molecule has 0 N–H and O–H groups in total. The lowest BCUT2D eigenvalue weighted by Crippen LogP contribution is -1.99. The first-order valence-electron chi connectivity index (χ1n) is 4.71. The van der Waals surface area contributed by atoms with Crippen molar-refractivity contribution in [3.8, 4) is 0 Å². The second-order valence-corrected chi connectivity index (χ2v) is 3.55. The Hall–Kier alpha value is -2.17. The summed E-state index contributed by atoms with van der Waals surface area (Å²) >= 11 is 0. The Morgan fingerprint density at radius 1 is 1.38 bits per heavy atom. The van der Waals surface area contributed by atoms with E-state index in [0.29, 0.717) is 12.0 Å². The van der Waals surface area contributed by atoms with Crippen LogP contribution in [-0.4, -0.2) is 10.9 Å². The van der Waals surface area contributed by atoms with Crippen molar-refractivity contribution in [2.45, 2.75) is 12.5 Å². The van der Waals surface area contributed by atoms with Crippen LogP contribution in [0.1, 0.15) is 18.1 Å². The molecule has 5 heteroatoms. The molecule has 1 aromatic rings. The van der Waals surface area contributed by atoms with Gasteiger partial charge in [0.15, 0.2) is 0 Å². The molecule has 1 unspecified atom stereocenters. The number of nitro groups is 1. The Labute approximate surface area is 91.5 Å². The van der Waals surface area contributed by atoms with E-state index in [-0.39, 0.29) is 11.8 Å². The average Bonchev–Trinajstić information content (AvgIpc) is 2.59. The molecular weight excluding hydrogens is 210 g/mol. The number of ether oxygens (including phenoxy) is 1. The Balaban J connectivity index is 2.20. The van der Waals surface area contributed by atoms with Crippen LogP contribution in [0.2, 0.25) is 0 Å². The zero-order chi connectivity index (χ0) is 11.7. The molecule has 1 aliphatic rings. The van der Waals surface area contributed by atoms with E-state index in [4.69, 9.17) is 4.74 Å². The molecule has 1 fully saturated rings. The predicted octanol–water partition coefficient (Wildman–Crippen LogP) is 2.14. The standard InChI is InChI=1S/C11H9NO4/c1-7-6-10(16-11(7)13)8-2-4-9(5-3-8)12(14)15/h2-5,10H,1,6H2. The molecule has 0 bridgehead atoms. The monoisotopic (exact) mass is 219 g/mol. The van der Waals surface area contributed by atoms with Gasteiger partial charge in [-0.15, -0.1) is 0 Å². The van der Waals surface area contributed by atoms with Crippen LogP contribution < -0.4 is 0 Å². The van der Waals surface area contributed by atoms with E-state index in [0.717, 1.165) is 5.56 Å². The van der Waals surface area contributed by atoms with E-state index in [1.807, 2.05) is 0 Å². The van der Waals surface area contributed by atoms with Crippen LogP contribution in [0.5, 0.6) is 0 Å². The fourth-order valence-electron chi connectivity index (χ4n) is 1.56. The Morgan fingerprint density at radius 2 is 2.00 bits per heavy atom. The van der Waals surface area contributed by atoms with Crippen LogP contribution in [0, 0.1) is 10.1 Å². The van der Waals surface area contributed by atoms with Crippen LogP contribution in [-0.2, 0) is 9.53 Å². The van der Waals surface area contributed by atoms with Crippen molar-refractivity contribution in [3.63, 3.8) is 0 Å². The maximum absolute atomic E-state index is 11.1. The largest absolute Gasteiger partial charge is 0.454 e. The molecule has 0 aliphatic carbocycles. The number of rotatable bonds is 2. The first-order chi connectivity index (χ1) is 7.58. The van der Waals surface area contributed by atoms with Crippen LogP contribution in [0.15, 0.2) is 36.4 Å². The van der Waals surface area contributed by atoms with Crippen LogP contribution >= 0.6 is 0 Å². The molecule has 0 radical (unpaired) electrons. The van der Waals surface area contributed by atoms with Crippen molar-refractivity contribution in [2.24, 2.45) is 0 Å². The molecule has 0 amide bonds. The summed E-state index contributed by atoms with van der Waals surface area (Å²) in [4.78, 5) is 21.1. The van der Waals surface area contributed by atoms with Gasteiger partial charge in [-0.3, -0.25) is 10.1 Å². The third-order valence-electron chi connectivity index (χ3n) is 2.45. The normalized spacial score (nSPS) is 19.6. The first-order valence-corrected chi connectivity index (χ1v) is 4.71. The number of benzene rings is 1. The number of cyclic esters (lactones) is 1. The maximum atomic E-state index is 11.1. The number of nitrogens with zero attached hydrogens (tertiary/aromatic N) is 1. The summed E-state index contributed by atoms with van der Waals surface area (Å²) in [5.41, 5.74) is 1.20. The molecule has 1 heterocycles. The predicted molar refractivity (Wildman–Crippen MR) is 55.7 cm³/mol. The minimum atomic E-state index is -0.469. The summed E-state index contributed by atoms with van der Waals surface area (Å²) in [5.74, 6) is -0.400. The lowest BCUT2D eigenvalue weighted by molar-refractivity contribution is -0.384. The minimum absolute atomic E-state index is 0.0203. The molecular formula is C11H9NO4. The number of hydrogen-bond acceptors (Lipinski definition) is 4. The van der Waals surface area contributed by atoms with E-state index in [2.05, 4.69) is 6.58 Å². The first kappa shape index (κ1) is 10.4. The second kappa shape index (κ2) is 3.77. The van der Waals surface area contributed by atoms with Crippen LogP contribution in [0.3, 0.4) is 0 Å². The smallest absolute Gasteiger partial charge is 0.334 e. The van der Waals surface area contributed by atoms with Crippen LogP contribution in [0.25, 0.3) is 0 Å². The summed E-state index contributed by atoms with van der Waals surface area (Å²) in [6, 6.07) is 5.97. The summed E-state index contributed by atoms with van der Waals surface area (Å²) < 4.78 is 5.05. The van der Waals surface area contributed by atoms with Gasteiger partial charge in [-0.2, -0.15) is 0 Å². The van der Waals surface area contributed by atoms with Gasteiger partial charge in [-0.25, -0.2) is 4.79 Å². The number of nitro benzene ring substituents is 1. The fourth-order valence-corrected chi connectivity index (χ4v) is 1.56. The van der Waals surface area contributed by atoms with Gasteiger partial charge in [0.25, 0.3) is 5.69 Å². The van der Waals surface area contributed by atoms with Gasteiger partial charge in [0.2, 0.25) is 0 Å². The highest BCUT2D eigenvalue weighted by Gasteiger charge is 2.28. The molecule has 0 saturated carbocycles. The van der Waals surface area contributed by atoms with Crippen molar-refractivity contribution in [2.75, 3.05) is 0 Å². The van der Waals surface area contributed by atoms with Crippen molar-refractivity contribution in [1.82, 2.24) is 0 Å². The molecule has 1 saturated heterocycles. The fraction of sp³-hybridized carbons (Fsp3) is 0.182. The average molecular weight is 219 g/mol. The van der Waals surface area contributed by atoms with E-state index in [1.165, 1.54) is 12.1 Å². The topological polar surface area (TPSA) is 69.4 Å². The van der Waals surface area contributed by atoms with E-state index < -0.39 is 10.9 Å². The number of carbonyl (C=O) groups excluding carboxylic acids is 1. The molecule has 1 aliphatic heterocycles. The summed E-state index contributed by atoms with van der Waals surface area (Å²) in [6.45, 7) is 3.57. The third-order valence-corrected chi connectivity index (χ3v) is 2.45. The highest BCUT2D eigenvalue weighted by atomic mass is 16.6. The highest BCUT2D eigenvalue weighted by Crippen LogP contribution is 2.32. The number of hydrogen-bond donors (Lipinski definition) is 0. The van der Waals surface area contributed by atoms with E-state index >= 15 is 0 Å². The van der Waals surface area contributed by atoms with Crippen molar-refractivity contribution in [3.05, 3.63) is 52.1 Å². The van der Waals surface area contributed by atoms with Gasteiger partial charge >= 0.3 is 5.97 Å². The summed E-state index contributed by atoms with van der Waals surface area (Å²) in [6.07, 6.45) is 0.0807. The third kappa shape index (κ3) is 1.79. The zero-order valence-electron chi connectivity index (χ0n) is 8.38. The minimum Gasteiger partial charge on any atom is -0.454 e. The highest BCUT2D eigenvalue weighted by molar-refractivity contribution is 5.90. The van der Waals surface area contributed by atoms with Gasteiger partial charge in [0, 0.05) is 24.1 Å². The van der Waals surface area contributed by atoms with E-state index in [9.17, 15) is 14.9 Å².